The van der Waals surface area contributed by atoms with Crippen molar-refractivity contribution in [2.45, 2.75) is 32.8 Å². The van der Waals surface area contributed by atoms with Gasteiger partial charge in [0, 0.05) is 38.9 Å². The lowest BCUT2D eigenvalue weighted by atomic mass is 10.1. The van der Waals surface area contributed by atoms with Gasteiger partial charge in [-0.1, -0.05) is 0 Å². The van der Waals surface area contributed by atoms with Crippen LogP contribution in [0.3, 0.4) is 0 Å². The van der Waals surface area contributed by atoms with Crippen molar-refractivity contribution in [1.29, 1.82) is 0 Å². The number of ether oxygens (including phenoxy) is 1. The van der Waals surface area contributed by atoms with Gasteiger partial charge in [-0.15, -0.1) is 11.3 Å². The van der Waals surface area contributed by atoms with Crippen molar-refractivity contribution in [3.8, 4) is 5.75 Å². The SMILES string of the molecule is CCOc1cc(N2CCC(O)CC2)ccc1Nc1nc(C)c2c(n1)N(C)c1sccc1C(=O)N2C. The Morgan fingerprint density at radius 1 is 1.17 bits per heavy atom. The van der Waals surface area contributed by atoms with E-state index in [1.54, 1.807) is 11.9 Å². The van der Waals surface area contributed by atoms with Crippen LogP contribution in [0.5, 0.6) is 5.75 Å². The van der Waals surface area contributed by atoms with Crippen molar-refractivity contribution in [1.82, 2.24) is 9.97 Å². The van der Waals surface area contributed by atoms with Gasteiger partial charge >= 0.3 is 0 Å². The number of thiophene rings is 1. The first-order valence-corrected chi connectivity index (χ1v) is 12.7. The fraction of sp³-hybridized carbons (Fsp3) is 0.400. The molecule has 0 bridgehead atoms. The molecule has 5 rings (SSSR count). The Morgan fingerprint density at radius 2 is 1.94 bits per heavy atom. The molecule has 1 saturated heterocycles. The maximum absolute atomic E-state index is 13.0. The van der Waals surface area contributed by atoms with E-state index in [0.717, 1.165) is 42.3 Å². The van der Waals surface area contributed by atoms with Gasteiger partial charge in [-0.25, -0.2) is 4.98 Å². The Kier molecular flexibility index (Phi) is 6.24. The van der Waals surface area contributed by atoms with Gasteiger partial charge in [0.25, 0.3) is 5.91 Å². The zero-order valence-corrected chi connectivity index (χ0v) is 21.2. The normalized spacial score (nSPS) is 16.1. The molecule has 0 spiro atoms. The van der Waals surface area contributed by atoms with E-state index in [9.17, 15) is 9.90 Å². The molecular weight excluding hydrogens is 464 g/mol. The van der Waals surface area contributed by atoms with E-state index < -0.39 is 0 Å². The van der Waals surface area contributed by atoms with Crippen LogP contribution in [-0.2, 0) is 0 Å². The lowest BCUT2D eigenvalue weighted by molar-refractivity contribution is 0.0994. The van der Waals surface area contributed by atoms with Gasteiger partial charge in [-0.3, -0.25) is 4.79 Å². The van der Waals surface area contributed by atoms with Crippen molar-refractivity contribution in [3.05, 3.63) is 40.9 Å². The van der Waals surface area contributed by atoms with E-state index in [-0.39, 0.29) is 12.0 Å². The number of hydrogen-bond acceptors (Lipinski definition) is 9. The first-order chi connectivity index (χ1) is 16.9. The summed E-state index contributed by atoms with van der Waals surface area (Å²) < 4.78 is 5.96. The van der Waals surface area contributed by atoms with Crippen LogP contribution < -0.4 is 24.8 Å². The van der Waals surface area contributed by atoms with Crippen molar-refractivity contribution in [2.24, 2.45) is 0 Å². The fourth-order valence-electron chi connectivity index (χ4n) is 4.67. The smallest absolute Gasteiger partial charge is 0.261 e. The van der Waals surface area contributed by atoms with Crippen LogP contribution >= 0.6 is 11.3 Å². The minimum Gasteiger partial charge on any atom is -0.492 e. The molecule has 184 valence electrons. The van der Waals surface area contributed by atoms with Gasteiger partial charge in [-0.05, 0) is 50.3 Å². The van der Waals surface area contributed by atoms with Crippen LogP contribution in [0, 0.1) is 6.92 Å². The highest BCUT2D eigenvalue weighted by Gasteiger charge is 2.31. The van der Waals surface area contributed by atoms with Crippen molar-refractivity contribution in [2.75, 3.05) is 53.8 Å². The van der Waals surface area contributed by atoms with E-state index in [4.69, 9.17) is 9.72 Å². The number of carbonyl (C=O) groups is 1. The molecule has 0 atom stereocenters. The number of nitrogens with one attached hydrogen (secondary N) is 1. The number of rotatable bonds is 5. The topological polar surface area (TPSA) is 94.1 Å². The molecule has 2 aromatic heterocycles. The molecule has 0 radical (unpaired) electrons. The third-order valence-electron chi connectivity index (χ3n) is 6.52. The van der Waals surface area contributed by atoms with Crippen LogP contribution in [0.15, 0.2) is 29.6 Å². The molecule has 4 heterocycles. The van der Waals surface area contributed by atoms with Gasteiger partial charge in [0.05, 0.1) is 29.7 Å². The minimum atomic E-state index is -0.218. The number of carbonyl (C=O) groups excluding carboxylic acids is 1. The summed E-state index contributed by atoms with van der Waals surface area (Å²) in [5, 5.41) is 16.0. The third-order valence-corrected chi connectivity index (χ3v) is 7.51. The number of nitrogens with zero attached hydrogens (tertiary/aromatic N) is 5. The second-order valence-electron chi connectivity index (χ2n) is 8.82. The van der Waals surface area contributed by atoms with Crippen LogP contribution in [0.2, 0.25) is 0 Å². The second kappa shape index (κ2) is 9.35. The van der Waals surface area contributed by atoms with Gasteiger partial charge in [0.2, 0.25) is 5.95 Å². The summed E-state index contributed by atoms with van der Waals surface area (Å²) in [6.07, 6.45) is 1.32. The summed E-state index contributed by atoms with van der Waals surface area (Å²) in [5.74, 6) is 1.74. The number of amides is 1. The summed E-state index contributed by atoms with van der Waals surface area (Å²) >= 11 is 1.51. The Hall–Kier alpha value is -3.37. The largest absolute Gasteiger partial charge is 0.492 e. The highest BCUT2D eigenvalue weighted by Crippen LogP contribution is 2.43. The summed E-state index contributed by atoms with van der Waals surface area (Å²) in [7, 11) is 3.68. The van der Waals surface area contributed by atoms with Crippen molar-refractivity contribution >= 4 is 51.1 Å². The van der Waals surface area contributed by atoms with Crippen LogP contribution in [0.4, 0.5) is 33.8 Å². The van der Waals surface area contributed by atoms with E-state index >= 15 is 0 Å². The molecule has 1 aromatic carbocycles. The van der Waals surface area contributed by atoms with Gasteiger partial charge in [0.1, 0.15) is 16.4 Å². The average molecular weight is 495 g/mol. The molecule has 2 N–H and O–H groups in total. The van der Waals surface area contributed by atoms with Gasteiger partial charge < -0.3 is 29.9 Å². The van der Waals surface area contributed by atoms with Crippen molar-refractivity contribution < 1.29 is 14.6 Å². The quantitative estimate of drug-likeness (QED) is 0.542. The van der Waals surface area contributed by atoms with Crippen molar-refractivity contribution in [3.63, 3.8) is 0 Å². The Labute approximate surface area is 209 Å². The zero-order valence-electron chi connectivity index (χ0n) is 20.4. The Bertz CT molecular complexity index is 1250. The Balaban J connectivity index is 1.49. The molecule has 2 aliphatic heterocycles. The summed E-state index contributed by atoms with van der Waals surface area (Å²) in [5.41, 5.74) is 3.89. The number of benzene rings is 1. The number of anilines is 6. The molecule has 1 fully saturated rings. The van der Waals surface area contributed by atoms with E-state index in [2.05, 4.69) is 21.3 Å². The maximum atomic E-state index is 13.0. The summed E-state index contributed by atoms with van der Waals surface area (Å²) in [6, 6.07) is 7.90. The number of hydrogen-bond donors (Lipinski definition) is 2. The lowest BCUT2D eigenvalue weighted by Gasteiger charge is -2.32. The zero-order chi connectivity index (χ0) is 24.7. The molecule has 3 aromatic rings. The predicted octanol–water partition coefficient (Wildman–Crippen LogP) is 4.31. The first-order valence-electron chi connectivity index (χ1n) is 11.8. The summed E-state index contributed by atoms with van der Waals surface area (Å²) in [4.78, 5) is 28.4. The molecule has 35 heavy (non-hydrogen) atoms. The van der Waals surface area contributed by atoms with E-state index in [1.807, 2.05) is 49.4 Å². The number of aliphatic hydroxyl groups excluding tert-OH is 1. The van der Waals surface area contributed by atoms with Crippen LogP contribution in [0.25, 0.3) is 0 Å². The van der Waals surface area contributed by atoms with E-state index in [0.29, 0.717) is 41.1 Å². The second-order valence-corrected chi connectivity index (χ2v) is 9.72. The maximum Gasteiger partial charge on any atom is 0.261 e. The highest BCUT2D eigenvalue weighted by molar-refractivity contribution is 7.14. The number of fused-ring (bicyclic) bond motifs is 2. The third kappa shape index (κ3) is 4.28. The fourth-order valence-corrected chi connectivity index (χ4v) is 5.53. The van der Waals surface area contributed by atoms with Gasteiger partial charge in [0.15, 0.2) is 5.82 Å². The van der Waals surface area contributed by atoms with E-state index in [1.165, 1.54) is 11.3 Å². The average Bonchev–Trinajstić information content (AvgIpc) is 3.32. The molecule has 0 saturated carbocycles. The van der Waals surface area contributed by atoms with Crippen LogP contribution in [0.1, 0.15) is 35.8 Å². The number of aryl methyl sites for hydroxylation is 1. The van der Waals surface area contributed by atoms with Crippen LogP contribution in [-0.4, -0.2) is 60.9 Å². The number of aromatic nitrogens is 2. The first kappa shape index (κ1) is 23.4. The Morgan fingerprint density at radius 3 is 2.69 bits per heavy atom. The highest BCUT2D eigenvalue weighted by atomic mass is 32.1. The molecule has 1 amide bonds. The van der Waals surface area contributed by atoms with Gasteiger partial charge in [-0.2, -0.15) is 4.98 Å². The predicted molar refractivity (Wildman–Crippen MR) is 140 cm³/mol. The molecule has 10 heteroatoms. The molecule has 9 nitrogen and oxygen atoms in total. The molecule has 2 aliphatic rings. The molecule has 0 unspecified atom stereocenters. The molecular formula is C25H30N6O3S. The minimum absolute atomic E-state index is 0.0706. The standard InChI is InChI=1S/C25H30N6O3S/c1-5-34-20-14-16(31-11-8-17(32)9-12-31)6-7-19(20)27-25-26-15(2)21-22(28-25)30(4)24-18(10-13-35-24)23(33)29(21)3/h6-7,10,13-14,17,32H,5,8-9,11-12H2,1-4H3,(H,26,27,28). The number of aliphatic hydroxyl groups is 1. The summed E-state index contributed by atoms with van der Waals surface area (Å²) in [6.45, 7) is 6.00. The molecule has 0 aliphatic carbocycles. The lowest BCUT2D eigenvalue weighted by Crippen LogP contribution is -2.35. The number of piperidine rings is 1. The monoisotopic (exact) mass is 494 g/mol.